The standard InChI is InChI=1S/C10H9NO3/c1-3-4-8-5-6-10(14-2)9(7-8)11(12)13/h1,5-7H,4H2,2H3. The Morgan fingerprint density at radius 2 is 2.36 bits per heavy atom. The number of nitro groups is 1. The first-order chi connectivity index (χ1) is 6.69. The van der Waals surface area contributed by atoms with Crippen LogP contribution in [0, 0.1) is 22.5 Å². The van der Waals surface area contributed by atoms with E-state index in [9.17, 15) is 10.1 Å². The summed E-state index contributed by atoms with van der Waals surface area (Å²) in [6.07, 6.45) is 5.49. The molecule has 0 N–H and O–H groups in total. The van der Waals surface area contributed by atoms with E-state index in [4.69, 9.17) is 11.2 Å². The lowest BCUT2D eigenvalue weighted by atomic mass is 10.1. The molecule has 0 spiro atoms. The van der Waals surface area contributed by atoms with Crippen molar-refractivity contribution in [1.82, 2.24) is 0 Å². The molecule has 0 amide bonds. The molecule has 0 atom stereocenters. The van der Waals surface area contributed by atoms with Gasteiger partial charge in [-0.15, -0.1) is 12.3 Å². The van der Waals surface area contributed by atoms with Gasteiger partial charge in [-0.25, -0.2) is 0 Å². The lowest BCUT2D eigenvalue weighted by molar-refractivity contribution is -0.385. The molecule has 0 aromatic heterocycles. The van der Waals surface area contributed by atoms with Crippen LogP contribution in [0.25, 0.3) is 0 Å². The van der Waals surface area contributed by atoms with Gasteiger partial charge in [0.05, 0.1) is 12.0 Å². The minimum Gasteiger partial charge on any atom is -0.490 e. The Kier molecular flexibility index (Phi) is 3.08. The number of terminal acetylenes is 1. The number of benzene rings is 1. The summed E-state index contributed by atoms with van der Waals surface area (Å²) < 4.78 is 4.85. The molecular weight excluding hydrogens is 182 g/mol. The molecule has 0 aliphatic heterocycles. The van der Waals surface area contributed by atoms with Crippen LogP contribution < -0.4 is 4.74 Å². The Morgan fingerprint density at radius 3 is 2.86 bits per heavy atom. The van der Waals surface area contributed by atoms with Crippen LogP contribution >= 0.6 is 0 Å². The number of nitrogens with zero attached hydrogens (tertiary/aromatic N) is 1. The van der Waals surface area contributed by atoms with Crippen molar-refractivity contribution in [2.45, 2.75) is 6.42 Å². The summed E-state index contributed by atoms with van der Waals surface area (Å²) >= 11 is 0. The van der Waals surface area contributed by atoms with E-state index in [1.165, 1.54) is 13.2 Å². The Labute approximate surface area is 81.7 Å². The number of hydrogen-bond acceptors (Lipinski definition) is 3. The summed E-state index contributed by atoms with van der Waals surface area (Å²) in [7, 11) is 1.39. The predicted molar refractivity (Wildman–Crippen MR) is 52.2 cm³/mol. The Hall–Kier alpha value is -2.02. The number of rotatable bonds is 3. The van der Waals surface area contributed by atoms with Crippen molar-refractivity contribution in [3.05, 3.63) is 33.9 Å². The average Bonchev–Trinajstić information content (AvgIpc) is 2.18. The molecule has 0 radical (unpaired) electrons. The van der Waals surface area contributed by atoms with Gasteiger partial charge >= 0.3 is 5.69 Å². The SMILES string of the molecule is C#CCc1ccc(OC)c([N+](=O)[O-])c1. The lowest BCUT2D eigenvalue weighted by Crippen LogP contribution is -1.95. The molecule has 1 rings (SSSR count). The van der Waals surface area contributed by atoms with E-state index in [1.807, 2.05) is 0 Å². The van der Waals surface area contributed by atoms with Gasteiger partial charge in [-0.05, 0) is 11.6 Å². The summed E-state index contributed by atoms with van der Waals surface area (Å²) in [6.45, 7) is 0. The highest BCUT2D eigenvalue weighted by Crippen LogP contribution is 2.27. The highest BCUT2D eigenvalue weighted by atomic mass is 16.6. The van der Waals surface area contributed by atoms with Crippen LogP contribution in [0.1, 0.15) is 5.56 Å². The molecule has 0 fully saturated rings. The second-order valence-corrected chi connectivity index (χ2v) is 2.64. The van der Waals surface area contributed by atoms with Crippen LogP contribution in [-0.2, 0) is 6.42 Å². The molecule has 0 bridgehead atoms. The van der Waals surface area contributed by atoms with Gasteiger partial charge in [0.25, 0.3) is 0 Å². The third-order valence-electron chi connectivity index (χ3n) is 1.75. The predicted octanol–water partition coefficient (Wildman–Crippen LogP) is 1.78. The Bertz CT molecular complexity index is 393. The average molecular weight is 191 g/mol. The summed E-state index contributed by atoms with van der Waals surface area (Å²) in [6, 6.07) is 4.69. The molecule has 1 aromatic rings. The van der Waals surface area contributed by atoms with Crippen molar-refractivity contribution in [3.63, 3.8) is 0 Å². The molecule has 0 unspecified atom stereocenters. The van der Waals surface area contributed by atoms with Gasteiger partial charge in [0, 0.05) is 12.5 Å². The van der Waals surface area contributed by atoms with Crippen molar-refractivity contribution in [3.8, 4) is 18.1 Å². The molecule has 0 heterocycles. The van der Waals surface area contributed by atoms with Crippen LogP contribution in [0.3, 0.4) is 0 Å². The molecule has 0 aliphatic rings. The molecule has 72 valence electrons. The third kappa shape index (κ3) is 2.02. The van der Waals surface area contributed by atoms with Crippen LogP contribution in [0.15, 0.2) is 18.2 Å². The van der Waals surface area contributed by atoms with Gasteiger partial charge in [-0.3, -0.25) is 10.1 Å². The summed E-state index contributed by atoms with van der Waals surface area (Å²) in [5.41, 5.74) is 0.681. The monoisotopic (exact) mass is 191 g/mol. The highest BCUT2D eigenvalue weighted by molar-refractivity contribution is 5.49. The number of hydrogen-bond donors (Lipinski definition) is 0. The lowest BCUT2D eigenvalue weighted by Gasteiger charge is -2.02. The largest absolute Gasteiger partial charge is 0.490 e. The van der Waals surface area contributed by atoms with Gasteiger partial charge in [-0.1, -0.05) is 6.07 Å². The Balaban J connectivity index is 3.15. The number of nitro benzene ring substituents is 1. The molecule has 0 aliphatic carbocycles. The molecule has 1 aromatic carbocycles. The summed E-state index contributed by atoms with van der Waals surface area (Å²) in [5, 5.41) is 10.6. The van der Waals surface area contributed by atoms with Gasteiger partial charge in [0.2, 0.25) is 0 Å². The zero-order valence-corrected chi connectivity index (χ0v) is 7.69. The minimum atomic E-state index is -0.487. The van der Waals surface area contributed by atoms with Gasteiger partial charge < -0.3 is 4.74 Å². The molecular formula is C10H9NO3. The first-order valence-electron chi connectivity index (χ1n) is 3.93. The van der Waals surface area contributed by atoms with Gasteiger partial charge in [0.1, 0.15) is 0 Å². The first kappa shape index (κ1) is 10.1. The van der Waals surface area contributed by atoms with E-state index in [0.29, 0.717) is 6.42 Å². The second-order valence-electron chi connectivity index (χ2n) is 2.64. The molecule has 4 heteroatoms. The van der Waals surface area contributed by atoms with Gasteiger partial charge in [0.15, 0.2) is 5.75 Å². The maximum Gasteiger partial charge on any atom is 0.311 e. The maximum absolute atomic E-state index is 10.6. The molecule has 0 saturated carbocycles. The summed E-state index contributed by atoms with van der Waals surface area (Å²) in [4.78, 5) is 10.1. The summed E-state index contributed by atoms with van der Waals surface area (Å²) in [5.74, 6) is 2.67. The van der Waals surface area contributed by atoms with Crippen LogP contribution in [0.2, 0.25) is 0 Å². The fraction of sp³-hybridized carbons (Fsp3) is 0.200. The second kappa shape index (κ2) is 4.28. The fourth-order valence-corrected chi connectivity index (χ4v) is 1.11. The van der Waals surface area contributed by atoms with Crippen molar-refractivity contribution >= 4 is 5.69 Å². The zero-order chi connectivity index (χ0) is 10.6. The van der Waals surface area contributed by atoms with Crippen molar-refractivity contribution in [2.24, 2.45) is 0 Å². The molecule has 4 nitrogen and oxygen atoms in total. The minimum absolute atomic E-state index is 0.0553. The third-order valence-corrected chi connectivity index (χ3v) is 1.75. The van der Waals surface area contributed by atoms with Crippen LogP contribution in [0.4, 0.5) is 5.69 Å². The van der Waals surface area contributed by atoms with Crippen molar-refractivity contribution < 1.29 is 9.66 Å². The Morgan fingerprint density at radius 1 is 1.64 bits per heavy atom. The van der Waals surface area contributed by atoms with Gasteiger partial charge in [-0.2, -0.15) is 0 Å². The molecule has 0 saturated heterocycles. The van der Waals surface area contributed by atoms with E-state index in [-0.39, 0.29) is 11.4 Å². The first-order valence-corrected chi connectivity index (χ1v) is 3.93. The van der Waals surface area contributed by atoms with E-state index < -0.39 is 4.92 Å². The van der Waals surface area contributed by atoms with Crippen LogP contribution in [-0.4, -0.2) is 12.0 Å². The van der Waals surface area contributed by atoms with Crippen LogP contribution in [0.5, 0.6) is 5.75 Å². The van der Waals surface area contributed by atoms with E-state index in [1.54, 1.807) is 12.1 Å². The maximum atomic E-state index is 10.6. The topological polar surface area (TPSA) is 52.4 Å². The zero-order valence-electron chi connectivity index (χ0n) is 7.69. The van der Waals surface area contributed by atoms with Crippen molar-refractivity contribution in [2.75, 3.05) is 7.11 Å². The smallest absolute Gasteiger partial charge is 0.311 e. The fourth-order valence-electron chi connectivity index (χ4n) is 1.11. The number of methoxy groups -OCH3 is 1. The van der Waals surface area contributed by atoms with E-state index in [0.717, 1.165) is 5.56 Å². The number of ether oxygens (including phenoxy) is 1. The molecule has 14 heavy (non-hydrogen) atoms. The quantitative estimate of drug-likeness (QED) is 0.415. The van der Waals surface area contributed by atoms with Crippen molar-refractivity contribution in [1.29, 1.82) is 0 Å². The highest BCUT2D eigenvalue weighted by Gasteiger charge is 2.14. The van der Waals surface area contributed by atoms with E-state index in [2.05, 4.69) is 5.92 Å². The van der Waals surface area contributed by atoms with E-state index >= 15 is 0 Å². The normalized spacial score (nSPS) is 9.14.